The number of likely N-dealkylation sites (N-methyl/N-ethyl adjacent to an activating group) is 2. The van der Waals surface area contributed by atoms with E-state index in [1.807, 2.05) is 31.1 Å². The largest absolute Gasteiger partial charge is 0.369 e. The number of carbonyl (C=O) groups excluding carboxylic acids is 2. The van der Waals surface area contributed by atoms with Gasteiger partial charge in [-0.25, -0.2) is 4.98 Å². The molecule has 1 saturated carbocycles. The number of rotatable bonds is 11. The number of nitrogens with zero attached hydrogens (tertiary/aromatic N) is 5. The van der Waals surface area contributed by atoms with E-state index < -0.39 is 0 Å². The van der Waals surface area contributed by atoms with E-state index in [-0.39, 0.29) is 30.3 Å². The second kappa shape index (κ2) is 16.0. The molecular weight excluding hydrogens is 516 g/mol. The van der Waals surface area contributed by atoms with Crippen molar-refractivity contribution in [2.45, 2.75) is 45.1 Å². The highest BCUT2D eigenvalue weighted by Crippen LogP contribution is 2.24. The molecule has 216 valence electrons. The van der Waals surface area contributed by atoms with Crippen molar-refractivity contribution in [2.24, 2.45) is 5.92 Å². The van der Waals surface area contributed by atoms with E-state index in [4.69, 9.17) is 5.26 Å². The SMILES string of the molecule is CCCNc1nc(Nc2ccc(C#N)cc2)ncc1C#C[C@@H]1CCC[C@H](NC(=O)CN(C)C(=O)/C=C/CN(C)C)C1. The van der Waals surface area contributed by atoms with Gasteiger partial charge in [-0.3, -0.25) is 9.59 Å². The Balaban J connectivity index is 1.60. The Morgan fingerprint density at radius 3 is 2.66 bits per heavy atom. The van der Waals surface area contributed by atoms with Crippen LogP contribution in [0.4, 0.5) is 17.5 Å². The van der Waals surface area contributed by atoms with Gasteiger partial charge in [-0.2, -0.15) is 10.2 Å². The summed E-state index contributed by atoms with van der Waals surface area (Å²) in [6.07, 6.45) is 9.53. The number of nitrogens with one attached hydrogen (secondary N) is 3. The average molecular weight is 557 g/mol. The second-order valence-corrected chi connectivity index (χ2v) is 10.5. The van der Waals surface area contributed by atoms with Gasteiger partial charge in [0.25, 0.3) is 0 Å². The van der Waals surface area contributed by atoms with Crippen molar-refractivity contribution in [3.63, 3.8) is 0 Å². The van der Waals surface area contributed by atoms with Gasteiger partial charge in [0, 0.05) is 43.9 Å². The minimum atomic E-state index is -0.192. The van der Waals surface area contributed by atoms with Crippen LogP contribution in [-0.4, -0.2) is 78.4 Å². The number of hydrogen-bond donors (Lipinski definition) is 3. The first kappa shape index (κ1) is 31.1. The lowest BCUT2D eigenvalue weighted by Gasteiger charge is -2.27. The third-order valence-corrected chi connectivity index (χ3v) is 6.54. The van der Waals surface area contributed by atoms with Crippen LogP contribution in [0.1, 0.15) is 50.2 Å². The molecule has 3 N–H and O–H groups in total. The van der Waals surface area contributed by atoms with Gasteiger partial charge in [0.1, 0.15) is 5.82 Å². The third kappa shape index (κ3) is 10.6. The van der Waals surface area contributed by atoms with Crippen molar-refractivity contribution in [3.8, 4) is 17.9 Å². The minimum Gasteiger partial charge on any atom is -0.369 e. The Hall–Kier alpha value is -4.41. The van der Waals surface area contributed by atoms with Crippen LogP contribution in [0, 0.1) is 29.1 Å². The number of amides is 2. The van der Waals surface area contributed by atoms with Crippen molar-refractivity contribution in [3.05, 3.63) is 53.7 Å². The summed E-state index contributed by atoms with van der Waals surface area (Å²) in [6.45, 7) is 3.52. The highest BCUT2D eigenvalue weighted by Gasteiger charge is 2.23. The maximum Gasteiger partial charge on any atom is 0.246 e. The van der Waals surface area contributed by atoms with Crippen LogP contribution >= 0.6 is 0 Å². The smallest absolute Gasteiger partial charge is 0.246 e. The number of carbonyl (C=O) groups is 2. The highest BCUT2D eigenvalue weighted by molar-refractivity contribution is 5.91. The number of benzene rings is 1. The molecule has 2 atom stereocenters. The van der Waals surface area contributed by atoms with Gasteiger partial charge in [0.2, 0.25) is 17.8 Å². The summed E-state index contributed by atoms with van der Waals surface area (Å²) >= 11 is 0. The number of anilines is 3. The Bertz CT molecular complexity index is 1300. The number of nitriles is 1. The molecule has 0 saturated heterocycles. The van der Waals surface area contributed by atoms with Gasteiger partial charge in [-0.15, -0.1) is 0 Å². The molecule has 0 unspecified atom stereocenters. The fourth-order valence-corrected chi connectivity index (χ4v) is 4.36. The van der Waals surface area contributed by atoms with Crippen molar-refractivity contribution in [2.75, 3.05) is 51.4 Å². The zero-order valence-electron chi connectivity index (χ0n) is 24.4. The van der Waals surface area contributed by atoms with Gasteiger partial charge < -0.3 is 25.8 Å². The summed E-state index contributed by atoms with van der Waals surface area (Å²) in [5.74, 6) is 7.54. The standard InChI is InChI=1S/C31H40N8O2/c1-5-17-33-30-25(21-34-31(37-30)36-26-15-12-24(20-32)13-16-26)14-11-23-8-6-9-27(19-23)35-28(40)22-39(4)29(41)10-7-18-38(2)3/h7,10,12-13,15-16,21,23,27H,5-6,8-9,17-19,22H2,1-4H3,(H,35,40)(H2,33,34,36,37)/b10-7+/t23-,27-/m0/s1. The summed E-state index contributed by atoms with van der Waals surface area (Å²) in [7, 11) is 5.49. The van der Waals surface area contributed by atoms with Crippen molar-refractivity contribution in [1.29, 1.82) is 5.26 Å². The van der Waals surface area contributed by atoms with Crippen molar-refractivity contribution in [1.82, 2.24) is 25.1 Å². The molecule has 10 heteroatoms. The Morgan fingerprint density at radius 2 is 1.95 bits per heavy atom. The maximum absolute atomic E-state index is 12.6. The first-order chi connectivity index (χ1) is 19.8. The zero-order valence-corrected chi connectivity index (χ0v) is 24.4. The van der Waals surface area contributed by atoms with Crippen LogP contribution in [0.5, 0.6) is 0 Å². The van der Waals surface area contributed by atoms with E-state index in [2.05, 4.69) is 50.8 Å². The quantitative estimate of drug-likeness (QED) is 0.284. The monoisotopic (exact) mass is 556 g/mol. The van der Waals surface area contributed by atoms with E-state index in [9.17, 15) is 9.59 Å². The van der Waals surface area contributed by atoms with Gasteiger partial charge >= 0.3 is 0 Å². The Labute approximate surface area is 243 Å². The molecule has 1 heterocycles. The lowest BCUT2D eigenvalue weighted by molar-refractivity contribution is -0.131. The van der Waals surface area contributed by atoms with E-state index in [1.165, 1.54) is 11.0 Å². The molecule has 0 aliphatic heterocycles. The zero-order chi connectivity index (χ0) is 29.6. The summed E-state index contributed by atoms with van der Waals surface area (Å²) in [5.41, 5.74) is 2.09. The molecule has 0 spiro atoms. The van der Waals surface area contributed by atoms with E-state index in [0.717, 1.165) is 49.9 Å². The molecular formula is C31H40N8O2. The average Bonchev–Trinajstić information content (AvgIpc) is 2.95. The fourth-order valence-electron chi connectivity index (χ4n) is 4.36. The third-order valence-electron chi connectivity index (χ3n) is 6.54. The van der Waals surface area contributed by atoms with Gasteiger partial charge in [0.05, 0.1) is 29.9 Å². The topological polar surface area (TPSA) is 126 Å². The first-order valence-electron chi connectivity index (χ1n) is 14.0. The van der Waals surface area contributed by atoms with Crippen molar-refractivity contribution >= 4 is 29.3 Å². The highest BCUT2D eigenvalue weighted by atomic mass is 16.2. The van der Waals surface area contributed by atoms with Crippen LogP contribution in [0.25, 0.3) is 0 Å². The predicted molar refractivity (Wildman–Crippen MR) is 161 cm³/mol. The van der Waals surface area contributed by atoms with E-state index in [1.54, 1.807) is 31.5 Å². The molecule has 2 aromatic rings. The lowest BCUT2D eigenvalue weighted by Crippen LogP contribution is -2.44. The summed E-state index contributed by atoms with van der Waals surface area (Å²) < 4.78 is 0. The molecule has 1 aromatic heterocycles. The molecule has 10 nitrogen and oxygen atoms in total. The molecule has 41 heavy (non-hydrogen) atoms. The number of aromatic nitrogens is 2. The molecule has 3 rings (SSSR count). The Morgan fingerprint density at radius 1 is 1.17 bits per heavy atom. The molecule has 1 aliphatic rings. The normalized spacial score (nSPS) is 16.4. The summed E-state index contributed by atoms with van der Waals surface area (Å²) in [6, 6.07) is 9.23. The van der Waals surface area contributed by atoms with Crippen LogP contribution in [0.3, 0.4) is 0 Å². The second-order valence-electron chi connectivity index (χ2n) is 10.5. The van der Waals surface area contributed by atoms with Crippen LogP contribution in [-0.2, 0) is 9.59 Å². The minimum absolute atomic E-state index is 0.0185. The molecule has 0 bridgehead atoms. The fraction of sp³-hybridized carbons (Fsp3) is 0.452. The van der Waals surface area contributed by atoms with Crippen LogP contribution in [0.2, 0.25) is 0 Å². The first-order valence-corrected chi connectivity index (χ1v) is 14.0. The Kier molecular flexibility index (Phi) is 12.1. The van der Waals surface area contributed by atoms with Gasteiger partial charge in [0.15, 0.2) is 0 Å². The van der Waals surface area contributed by atoms with Gasteiger partial charge in [-0.05, 0) is 64.0 Å². The summed E-state index contributed by atoms with van der Waals surface area (Å²) in [4.78, 5) is 37.3. The summed E-state index contributed by atoms with van der Waals surface area (Å²) in [5, 5.41) is 18.6. The van der Waals surface area contributed by atoms with E-state index in [0.29, 0.717) is 23.9 Å². The molecule has 1 aromatic carbocycles. The molecule has 1 aliphatic carbocycles. The lowest BCUT2D eigenvalue weighted by atomic mass is 9.86. The van der Waals surface area contributed by atoms with Gasteiger partial charge in [-0.1, -0.05) is 31.3 Å². The molecule has 2 amide bonds. The maximum atomic E-state index is 12.6. The molecule has 0 radical (unpaired) electrons. The van der Waals surface area contributed by atoms with E-state index >= 15 is 0 Å². The molecule has 1 fully saturated rings. The number of hydrogen-bond acceptors (Lipinski definition) is 8. The van der Waals surface area contributed by atoms with Crippen molar-refractivity contribution < 1.29 is 9.59 Å². The van der Waals surface area contributed by atoms with Crippen LogP contribution in [0.15, 0.2) is 42.6 Å². The van der Waals surface area contributed by atoms with Crippen LogP contribution < -0.4 is 16.0 Å². The predicted octanol–water partition coefficient (Wildman–Crippen LogP) is 3.52.